The first-order valence-corrected chi connectivity index (χ1v) is 8.43. The Morgan fingerprint density at radius 2 is 1.69 bits per heavy atom. The van der Waals surface area contributed by atoms with Gasteiger partial charge in [-0.3, -0.25) is 9.78 Å². The van der Waals surface area contributed by atoms with E-state index in [4.69, 9.17) is 0 Å². The molecule has 2 heterocycles. The van der Waals surface area contributed by atoms with E-state index in [1.54, 1.807) is 18.3 Å². The fourth-order valence-electron chi connectivity index (χ4n) is 2.99. The molecule has 0 fully saturated rings. The number of nitrogens with one attached hydrogen (secondary N) is 1. The van der Waals surface area contributed by atoms with E-state index in [2.05, 4.69) is 20.3 Å². The molecule has 2 aromatic heterocycles. The van der Waals surface area contributed by atoms with E-state index < -0.39 is 0 Å². The lowest BCUT2D eigenvalue weighted by atomic mass is 10.1. The number of aromatic nitrogens is 3. The Hall–Kier alpha value is -3.34. The summed E-state index contributed by atoms with van der Waals surface area (Å²) in [7, 11) is 0. The van der Waals surface area contributed by atoms with E-state index in [0.717, 1.165) is 44.6 Å². The van der Waals surface area contributed by atoms with Gasteiger partial charge in [-0.15, -0.1) is 0 Å². The number of rotatable bonds is 2. The van der Waals surface area contributed by atoms with Crippen LogP contribution in [0.25, 0.3) is 21.9 Å². The first-order valence-electron chi connectivity index (χ1n) is 8.43. The van der Waals surface area contributed by atoms with Crippen molar-refractivity contribution in [3.8, 4) is 0 Å². The number of aryl methyl sites for hydroxylation is 3. The van der Waals surface area contributed by atoms with Gasteiger partial charge in [0.15, 0.2) is 0 Å². The normalized spacial score (nSPS) is 11.0. The molecule has 0 atom stereocenters. The molecule has 0 aliphatic carbocycles. The lowest BCUT2D eigenvalue weighted by Crippen LogP contribution is -2.12. The minimum Gasteiger partial charge on any atom is -0.321 e. The summed E-state index contributed by atoms with van der Waals surface area (Å²) < 4.78 is 0. The van der Waals surface area contributed by atoms with Gasteiger partial charge in [0.2, 0.25) is 0 Å². The maximum absolute atomic E-state index is 12.8. The molecule has 128 valence electrons. The van der Waals surface area contributed by atoms with Crippen LogP contribution in [0.15, 0.2) is 48.7 Å². The molecular weight excluding hydrogens is 324 g/mol. The van der Waals surface area contributed by atoms with Crippen LogP contribution in [0.3, 0.4) is 0 Å². The van der Waals surface area contributed by atoms with Crippen molar-refractivity contribution >= 4 is 33.5 Å². The minimum atomic E-state index is -0.180. The molecule has 0 radical (unpaired) electrons. The highest BCUT2D eigenvalue weighted by molar-refractivity contribution is 6.10. The van der Waals surface area contributed by atoms with E-state index in [1.165, 1.54) is 0 Å². The van der Waals surface area contributed by atoms with Crippen LogP contribution in [0.2, 0.25) is 0 Å². The average Bonchev–Trinajstić information content (AvgIpc) is 2.65. The standard InChI is InChI=1S/C21H18N4O/c1-12-6-8-17(16-5-4-10-22-20(12)16)25-21(26)15-7-9-18-19(11-15)24-14(3)13(2)23-18/h4-11H,1-3H3,(H,25,26). The summed E-state index contributed by atoms with van der Waals surface area (Å²) in [5.74, 6) is -0.180. The summed E-state index contributed by atoms with van der Waals surface area (Å²) in [5.41, 5.74) is 6.53. The number of carbonyl (C=O) groups excluding carboxylic acids is 1. The largest absolute Gasteiger partial charge is 0.321 e. The van der Waals surface area contributed by atoms with E-state index in [-0.39, 0.29) is 5.91 Å². The summed E-state index contributed by atoms with van der Waals surface area (Å²) in [5, 5.41) is 3.92. The van der Waals surface area contributed by atoms with E-state index >= 15 is 0 Å². The van der Waals surface area contributed by atoms with Crippen LogP contribution >= 0.6 is 0 Å². The van der Waals surface area contributed by atoms with Crippen LogP contribution < -0.4 is 5.32 Å². The van der Waals surface area contributed by atoms with Crippen LogP contribution in [-0.2, 0) is 0 Å². The minimum absolute atomic E-state index is 0.180. The molecule has 5 nitrogen and oxygen atoms in total. The third kappa shape index (κ3) is 2.77. The van der Waals surface area contributed by atoms with E-state index in [9.17, 15) is 4.79 Å². The molecule has 5 heteroatoms. The maximum atomic E-state index is 12.8. The Kier molecular flexibility index (Phi) is 3.84. The SMILES string of the molecule is Cc1nc2ccc(C(=O)Nc3ccc(C)c4ncccc34)cc2nc1C. The summed E-state index contributed by atoms with van der Waals surface area (Å²) in [6, 6.07) is 13.1. The van der Waals surface area contributed by atoms with Crippen molar-refractivity contribution in [2.75, 3.05) is 5.32 Å². The summed E-state index contributed by atoms with van der Waals surface area (Å²) >= 11 is 0. The lowest BCUT2D eigenvalue weighted by Gasteiger charge is -2.10. The predicted octanol–water partition coefficient (Wildman–Crippen LogP) is 4.36. The van der Waals surface area contributed by atoms with Gasteiger partial charge in [0.25, 0.3) is 5.91 Å². The van der Waals surface area contributed by atoms with Crippen molar-refractivity contribution in [2.45, 2.75) is 20.8 Å². The molecule has 0 unspecified atom stereocenters. The van der Waals surface area contributed by atoms with Crippen LogP contribution in [-0.4, -0.2) is 20.9 Å². The molecule has 1 amide bonds. The molecule has 0 aliphatic rings. The quantitative estimate of drug-likeness (QED) is 0.588. The smallest absolute Gasteiger partial charge is 0.255 e. The number of benzene rings is 2. The number of fused-ring (bicyclic) bond motifs is 2. The Bertz CT molecular complexity index is 1170. The third-order valence-corrected chi connectivity index (χ3v) is 4.56. The van der Waals surface area contributed by atoms with E-state index in [0.29, 0.717) is 5.56 Å². The van der Waals surface area contributed by atoms with Gasteiger partial charge in [-0.1, -0.05) is 6.07 Å². The first-order chi connectivity index (χ1) is 12.5. The number of hydrogen-bond acceptors (Lipinski definition) is 4. The van der Waals surface area contributed by atoms with Gasteiger partial charge in [-0.05, 0) is 62.7 Å². The highest BCUT2D eigenvalue weighted by atomic mass is 16.1. The predicted molar refractivity (Wildman–Crippen MR) is 103 cm³/mol. The highest BCUT2D eigenvalue weighted by Crippen LogP contribution is 2.25. The van der Waals surface area contributed by atoms with Crippen LogP contribution in [0.5, 0.6) is 0 Å². The molecule has 0 saturated carbocycles. The van der Waals surface area contributed by atoms with Gasteiger partial charge in [0.05, 0.1) is 33.6 Å². The number of carbonyl (C=O) groups is 1. The molecule has 1 N–H and O–H groups in total. The van der Waals surface area contributed by atoms with Gasteiger partial charge in [-0.25, -0.2) is 9.97 Å². The Balaban J connectivity index is 1.72. The van der Waals surface area contributed by atoms with Crippen molar-refractivity contribution in [2.24, 2.45) is 0 Å². The Labute approximate surface area is 151 Å². The topological polar surface area (TPSA) is 67.8 Å². The van der Waals surface area contributed by atoms with Crippen molar-refractivity contribution in [3.63, 3.8) is 0 Å². The summed E-state index contributed by atoms with van der Waals surface area (Å²) in [6.07, 6.45) is 1.76. The molecular formula is C21H18N4O. The second-order valence-electron chi connectivity index (χ2n) is 6.38. The Morgan fingerprint density at radius 1 is 0.923 bits per heavy atom. The second kappa shape index (κ2) is 6.19. The fraction of sp³-hybridized carbons (Fsp3) is 0.143. The van der Waals surface area contributed by atoms with Crippen molar-refractivity contribution in [1.82, 2.24) is 15.0 Å². The maximum Gasteiger partial charge on any atom is 0.255 e. The number of nitrogens with zero attached hydrogens (tertiary/aromatic N) is 3. The molecule has 0 spiro atoms. The van der Waals surface area contributed by atoms with Crippen molar-refractivity contribution in [1.29, 1.82) is 0 Å². The molecule has 2 aromatic carbocycles. The summed E-state index contributed by atoms with van der Waals surface area (Å²) in [6.45, 7) is 5.85. The number of pyridine rings is 1. The number of hydrogen-bond donors (Lipinski definition) is 1. The highest BCUT2D eigenvalue weighted by Gasteiger charge is 2.12. The number of anilines is 1. The number of amides is 1. The van der Waals surface area contributed by atoms with Gasteiger partial charge < -0.3 is 5.32 Å². The zero-order valence-corrected chi connectivity index (χ0v) is 14.9. The molecule has 4 rings (SSSR count). The first kappa shape index (κ1) is 16.1. The van der Waals surface area contributed by atoms with Crippen molar-refractivity contribution in [3.05, 3.63) is 71.2 Å². The molecule has 0 bridgehead atoms. The van der Waals surface area contributed by atoms with Gasteiger partial charge in [-0.2, -0.15) is 0 Å². The average molecular weight is 342 g/mol. The second-order valence-corrected chi connectivity index (χ2v) is 6.38. The van der Waals surface area contributed by atoms with Crippen LogP contribution in [0.4, 0.5) is 5.69 Å². The molecule has 26 heavy (non-hydrogen) atoms. The third-order valence-electron chi connectivity index (χ3n) is 4.56. The molecule has 4 aromatic rings. The zero-order chi connectivity index (χ0) is 18.3. The zero-order valence-electron chi connectivity index (χ0n) is 14.9. The fourth-order valence-corrected chi connectivity index (χ4v) is 2.99. The van der Waals surface area contributed by atoms with Crippen molar-refractivity contribution < 1.29 is 4.79 Å². The van der Waals surface area contributed by atoms with E-state index in [1.807, 2.05) is 51.1 Å². The monoisotopic (exact) mass is 342 g/mol. The van der Waals surface area contributed by atoms with Gasteiger partial charge in [0.1, 0.15) is 0 Å². The Morgan fingerprint density at radius 3 is 2.50 bits per heavy atom. The molecule has 0 saturated heterocycles. The van der Waals surface area contributed by atoms with Gasteiger partial charge >= 0.3 is 0 Å². The van der Waals surface area contributed by atoms with Gasteiger partial charge in [0, 0.05) is 17.1 Å². The molecule has 0 aliphatic heterocycles. The summed E-state index contributed by atoms with van der Waals surface area (Å²) in [4.78, 5) is 26.2. The lowest BCUT2D eigenvalue weighted by molar-refractivity contribution is 0.102. The van der Waals surface area contributed by atoms with Crippen LogP contribution in [0, 0.1) is 20.8 Å². The van der Waals surface area contributed by atoms with Crippen LogP contribution in [0.1, 0.15) is 27.3 Å².